The molecule has 3 saturated heterocycles. The van der Waals surface area contributed by atoms with Gasteiger partial charge in [-0.25, -0.2) is 0 Å². The van der Waals surface area contributed by atoms with Crippen LogP contribution < -0.4 is 5.32 Å². The zero-order chi connectivity index (χ0) is 16.5. The Bertz CT molecular complexity index is 717. The van der Waals surface area contributed by atoms with Gasteiger partial charge in [0.1, 0.15) is 0 Å². The maximum Gasteiger partial charge on any atom is 0.251 e. The molecule has 1 N–H and O–H groups in total. The van der Waals surface area contributed by atoms with Crippen LogP contribution in [0.3, 0.4) is 0 Å². The number of piperidine rings is 3. The minimum Gasteiger partial charge on any atom is -0.348 e. The highest BCUT2D eigenvalue weighted by atomic mass is 32.2. The van der Waals surface area contributed by atoms with Crippen molar-refractivity contribution in [1.82, 2.24) is 10.2 Å². The maximum atomic E-state index is 12.5. The van der Waals surface area contributed by atoms with E-state index in [1.165, 1.54) is 39.9 Å². The molecule has 0 aliphatic carbocycles. The molecule has 1 aromatic carbocycles. The first-order chi connectivity index (χ1) is 11.7. The van der Waals surface area contributed by atoms with Crippen LogP contribution >= 0.6 is 23.1 Å². The Morgan fingerprint density at radius 1 is 1.17 bits per heavy atom. The second kappa shape index (κ2) is 6.90. The first-order valence-corrected chi connectivity index (χ1v) is 10.2. The van der Waals surface area contributed by atoms with E-state index in [1.807, 2.05) is 24.3 Å². The Labute approximate surface area is 151 Å². The number of hydrogen-bond acceptors (Lipinski definition) is 4. The molecule has 0 spiro atoms. The number of carbonyl (C=O) groups is 1. The molecule has 3 aliphatic heterocycles. The number of thiophene rings is 1. The standard InChI is InChI=1S/C19H22N2OS2/c1-13-2-7-18(23-13)24-16-5-3-15(4-6-16)19(22)20-17-12-21-10-8-14(17)9-11-21/h2-7,14,17H,8-12H2,1H3,(H,20,22). The minimum absolute atomic E-state index is 0.0669. The second-order valence-electron chi connectivity index (χ2n) is 6.71. The zero-order valence-electron chi connectivity index (χ0n) is 13.8. The Hall–Kier alpha value is -1.30. The van der Waals surface area contributed by atoms with Gasteiger partial charge in [-0.15, -0.1) is 11.3 Å². The number of carbonyl (C=O) groups excluding carboxylic acids is 1. The Morgan fingerprint density at radius 3 is 2.50 bits per heavy atom. The van der Waals surface area contributed by atoms with Crippen LogP contribution in [0.15, 0.2) is 45.5 Å². The number of amides is 1. The quantitative estimate of drug-likeness (QED) is 0.895. The summed E-state index contributed by atoms with van der Waals surface area (Å²) < 4.78 is 1.29. The monoisotopic (exact) mass is 358 g/mol. The van der Waals surface area contributed by atoms with E-state index in [9.17, 15) is 4.79 Å². The predicted molar refractivity (Wildman–Crippen MR) is 100 cm³/mol. The molecular formula is C19H22N2OS2. The van der Waals surface area contributed by atoms with Gasteiger partial charge < -0.3 is 10.2 Å². The number of rotatable bonds is 4. The molecule has 2 bridgehead atoms. The molecule has 3 nitrogen and oxygen atoms in total. The molecule has 2 aromatic rings. The Balaban J connectivity index is 1.38. The summed E-state index contributed by atoms with van der Waals surface area (Å²) in [6, 6.07) is 12.6. The lowest BCUT2D eigenvalue weighted by molar-refractivity contribution is 0.0620. The van der Waals surface area contributed by atoms with Crippen LogP contribution in [0.5, 0.6) is 0 Å². The molecule has 126 valence electrons. The SMILES string of the molecule is Cc1ccc(Sc2ccc(C(=O)NC3CN4CCC3CC4)cc2)s1. The Morgan fingerprint density at radius 2 is 1.92 bits per heavy atom. The van der Waals surface area contributed by atoms with Crippen LogP contribution in [0.25, 0.3) is 0 Å². The summed E-state index contributed by atoms with van der Waals surface area (Å²) in [6.45, 7) is 5.54. The number of hydrogen-bond donors (Lipinski definition) is 1. The van der Waals surface area contributed by atoms with E-state index >= 15 is 0 Å². The molecule has 1 aromatic heterocycles. The van der Waals surface area contributed by atoms with Crippen molar-refractivity contribution in [2.45, 2.75) is 34.9 Å². The van der Waals surface area contributed by atoms with E-state index in [2.05, 4.69) is 29.3 Å². The molecular weight excluding hydrogens is 336 g/mol. The fraction of sp³-hybridized carbons (Fsp3) is 0.421. The molecule has 0 saturated carbocycles. The van der Waals surface area contributed by atoms with E-state index < -0.39 is 0 Å². The average molecular weight is 359 g/mol. The summed E-state index contributed by atoms with van der Waals surface area (Å²) in [5.41, 5.74) is 0.762. The van der Waals surface area contributed by atoms with Gasteiger partial charge in [0.15, 0.2) is 0 Å². The van der Waals surface area contributed by atoms with E-state index in [4.69, 9.17) is 0 Å². The van der Waals surface area contributed by atoms with Crippen molar-refractivity contribution in [3.63, 3.8) is 0 Å². The molecule has 3 aliphatic rings. The van der Waals surface area contributed by atoms with E-state index in [0.29, 0.717) is 12.0 Å². The van der Waals surface area contributed by atoms with E-state index in [-0.39, 0.29) is 5.91 Å². The molecule has 1 atom stereocenters. The molecule has 0 radical (unpaired) electrons. The fourth-order valence-electron chi connectivity index (χ4n) is 3.64. The highest BCUT2D eigenvalue weighted by Gasteiger charge is 2.34. The lowest BCUT2D eigenvalue weighted by Gasteiger charge is -2.44. The van der Waals surface area contributed by atoms with Crippen LogP contribution in [0.1, 0.15) is 28.1 Å². The lowest BCUT2D eigenvalue weighted by Crippen LogP contribution is -2.57. The molecule has 1 unspecified atom stereocenters. The minimum atomic E-state index is 0.0669. The highest BCUT2D eigenvalue weighted by Crippen LogP contribution is 2.33. The van der Waals surface area contributed by atoms with Crippen LogP contribution in [0, 0.1) is 12.8 Å². The summed E-state index contributed by atoms with van der Waals surface area (Å²) in [4.78, 5) is 17.5. The van der Waals surface area contributed by atoms with Gasteiger partial charge in [0.25, 0.3) is 5.91 Å². The Kier molecular flexibility index (Phi) is 4.66. The smallest absolute Gasteiger partial charge is 0.251 e. The number of benzene rings is 1. The first kappa shape index (κ1) is 16.2. The van der Waals surface area contributed by atoms with Crippen LogP contribution in [-0.2, 0) is 0 Å². The number of aryl methyl sites for hydroxylation is 1. The van der Waals surface area contributed by atoms with Gasteiger partial charge in [0.2, 0.25) is 0 Å². The van der Waals surface area contributed by atoms with Gasteiger partial charge in [0, 0.05) is 27.9 Å². The highest BCUT2D eigenvalue weighted by molar-refractivity contribution is 8.01. The largest absolute Gasteiger partial charge is 0.348 e. The third kappa shape index (κ3) is 3.53. The number of nitrogens with one attached hydrogen (secondary N) is 1. The fourth-order valence-corrected chi connectivity index (χ4v) is 5.72. The summed E-state index contributed by atoms with van der Waals surface area (Å²) >= 11 is 3.56. The van der Waals surface area contributed by atoms with E-state index in [1.54, 1.807) is 23.1 Å². The van der Waals surface area contributed by atoms with E-state index in [0.717, 1.165) is 12.1 Å². The number of fused-ring (bicyclic) bond motifs is 3. The van der Waals surface area contributed by atoms with Crippen LogP contribution in [0.4, 0.5) is 0 Å². The molecule has 5 rings (SSSR count). The maximum absolute atomic E-state index is 12.5. The molecule has 4 heterocycles. The van der Waals surface area contributed by atoms with Crippen molar-refractivity contribution in [3.05, 3.63) is 46.8 Å². The summed E-state index contributed by atoms with van der Waals surface area (Å²) in [5, 5.41) is 3.25. The van der Waals surface area contributed by atoms with Crippen molar-refractivity contribution in [2.24, 2.45) is 5.92 Å². The van der Waals surface area contributed by atoms with Crippen molar-refractivity contribution in [3.8, 4) is 0 Å². The van der Waals surface area contributed by atoms with Crippen molar-refractivity contribution < 1.29 is 4.79 Å². The molecule has 1 amide bonds. The first-order valence-electron chi connectivity index (χ1n) is 8.55. The number of nitrogens with zero attached hydrogens (tertiary/aromatic N) is 1. The van der Waals surface area contributed by atoms with Crippen molar-refractivity contribution >= 4 is 29.0 Å². The van der Waals surface area contributed by atoms with Gasteiger partial charge in [-0.1, -0.05) is 11.8 Å². The van der Waals surface area contributed by atoms with Gasteiger partial charge in [-0.2, -0.15) is 0 Å². The van der Waals surface area contributed by atoms with Gasteiger partial charge in [-0.3, -0.25) is 4.79 Å². The third-order valence-corrected chi connectivity index (χ3v) is 7.16. The van der Waals surface area contributed by atoms with Gasteiger partial charge >= 0.3 is 0 Å². The van der Waals surface area contributed by atoms with Crippen molar-refractivity contribution in [1.29, 1.82) is 0 Å². The van der Waals surface area contributed by atoms with Crippen LogP contribution in [-0.4, -0.2) is 36.5 Å². The average Bonchev–Trinajstić information content (AvgIpc) is 3.01. The molecule has 5 heteroatoms. The predicted octanol–water partition coefficient (Wildman–Crippen LogP) is 4.03. The molecule has 24 heavy (non-hydrogen) atoms. The topological polar surface area (TPSA) is 32.3 Å². The van der Waals surface area contributed by atoms with Gasteiger partial charge in [-0.05, 0) is 75.2 Å². The molecule has 3 fully saturated rings. The van der Waals surface area contributed by atoms with Crippen molar-refractivity contribution in [2.75, 3.05) is 19.6 Å². The summed E-state index contributed by atoms with van der Waals surface area (Å²) in [7, 11) is 0. The summed E-state index contributed by atoms with van der Waals surface area (Å²) in [6.07, 6.45) is 2.45. The third-order valence-electron chi connectivity index (χ3n) is 5.02. The lowest BCUT2D eigenvalue weighted by atomic mass is 9.84. The summed E-state index contributed by atoms with van der Waals surface area (Å²) in [5.74, 6) is 0.730. The van der Waals surface area contributed by atoms with Gasteiger partial charge in [0.05, 0.1) is 4.21 Å². The van der Waals surface area contributed by atoms with Crippen LogP contribution in [0.2, 0.25) is 0 Å². The second-order valence-corrected chi connectivity index (χ2v) is 9.37. The zero-order valence-corrected chi connectivity index (χ0v) is 15.5. The normalized spacial score (nSPS) is 25.6.